The number of methoxy groups -OCH3 is 3. The number of benzene rings is 1. The highest BCUT2D eigenvalue weighted by Gasteiger charge is 2.35. The maximum absolute atomic E-state index is 12.4. The van der Waals surface area contributed by atoms with E-state index in [0.29, 0.717) is 23.0 Å². The van der Waals surface area contributed by atoms with Gasteiger partial charge in [0.2, 0.25) is 5.91 Å². The molecule has 5 nitrogen and oxygen atoms in total. The van der Waals surface area contributed by atoms with Crippen LogP contribution in [0.1, 0.15) is 31.7 Å². The molecule has 0 aliphatic carbocycles. The SMILES string of the molecule is COc1cc(OC)c(C2SCC(=O)N2CCSC(C)(C)C)cc1OC. The third-order valence-electron chi connectivity index (χ3n) is 3.84. The molecule has 7 heteroatoms. The van der Waals surface area contributed by atoms with Gasteiger partial charge in [0.05, 0.1) is 27.1 Å². The molecule has 0 spiro atoms. The van der Waals surface area contributed by atoms with Crippen molar-refractivity contribution in [1.82, 2.24) is 4.90 Å². The number of nitrogens with zero attached hydrogens (tertiary/aromatic N) is 1. The summed E-state index contributed by atoms with van der Waals surface area (Å²) in [6.45, 7) is 7.28. The van der Waals surface area contributed by atoms with Crippen LogP contribution in [0.3, 0.4) is 0 Å². The van der Waals surface area contributed by atoms with Gasteiger partial charge in [0.25, 0.3) is 0 Å². The van der Waals surface area contributed by atoms with E-state index < -0.39 is 0 Å². The molecule has 1 aromatic rings. The molecule has 25 heavy (non-hydrogen) atoms. The van der Waals surface area contributed by atoms with Crippen LogP contribution in [0.5, 0.6) is 17.2 Å². The van der Waals surface area contributed by atoms with Crippen molar-refractivity contribution in [2.75, 3.05) is 39.4 Å². The Balaban J connectivity index is 2.27. The van der Waals surface area contributed by atoms with E-state index in [-0.39, 0.29) is 16.0 Å². The molecule has 1 saturated heterocycles. The molecular weight excluding hydrogens is 358 g/mol. The second-order valence-corrected chi connectivity index (χ2v) is 9.65. The van der Waals surface area contributed by atoms with Crippen LogP contribution in [0.25, 0.3) is 0 Å². The first-order valence-corrected chi connectivity index (χ1v) is 10.2. The molecule has 1 fully saturated rings. The average Bonchev–Trinajstić information content (AvgIpc) is 2.93. The number of thioether (sulfide) groups is 2. The summed E-state index contributed by atoms with van der Waals surface area (Å²) in [7, 11) is 4.84. The topological polar surface area (TPSA) is 48.0 Å². The van der Waals surface area contributed by atoms with E-state index in [9.17, 15) is 4.79 Å². The minimum absolute atomic E-state index is 0.0668. The van der Waals surface area contributed by atoms with Crippen molar-refractivity contribution in [1.29, 1.82) is 0 Å². The van der Waals surface area contributed by atoms with Gasteiger partial charge in [0.15, 0.2) is 11.5 Å². The summed E-state index contributed by atoms with van der Waals surface area (Å²) in [5, 5.41) is -0.0668. The fourth-order valence-electron chi connectivity index (χ4n) is 2.65. The lowest BCUT2D eigenvalue weighted by Crippen LogP contribution is -2.31. The molecule has 1 aliphatic heterocycles. The summed E-state index contributed by atoms with van der Waals surface area (Å²) >= 11 is 3.49. The molecule has 1 aliphatic rings. The van der Waals surface area contributed by atoms with E-state index >= 15 is 0 Å². The van der Waals surface area contributed by atoms with Gasteiger partial charge in [-0.1, -0.05) is 20.8 Å². The Bertz CT molecular complexity index is 616. The fourth-order valence-corrected chi connectivity index (χ4v) is 4.78. The molecule has 1 unspecified atom stereocenters. The molecule has 0 bridgehead atoms. The van der Waals surface area contributed by atoms with Crippen molar-refractivity contribution in [2.24, 2.45) is 0 Å². The van der Waals surface area contributed by atoms with Crippen LogP contribution in [0.4, 0.5) is 0 Å². The second-order valence-electron chi connectivity index (χ2n) is 6.66. The summed E-state index contributed by atoms with van der Waals surface area (Å²) in [5.41, 5.74) is 0.941. The van der Waals surface area contributed by atoms with Crippen molar-refractivity contribution in [2.45, 2.75) is 30.9 Å². The van der Waals surface area contributed by atoms with Crippen molar-refractivity contribution in [3.05, 3.63) is 17.7 Å². The Morgan fingerprint density at radius 2 is 1.72 bits per heavy atom. The number of carbonyl (C=O) groups is 1. The summed E-state index contributed by atoms with van der Waals surface area (Å²) in [4.78, 5) is 14.3. The van der Waals surface area contributed by atoms with Crippen LogP contribution < -0.4 is 14.2 Å². The summed E-state index contributed by atoms with van der Waals surface area (Å²) in [6.07, 6.45) is 0. The van der Waals surface area contributed by atoms with Gasteiger partial charge in [0, 0.05) is 28.7 Å². The van der Waals surface area contributed by atoms with Crippen LogP contribution in [-0.2, 0) is 4.79 Å². The molecule has 0 N–H and O–H groups in total. The molecule has 0 saturated carbocycles. The zero-order valence-corrected chi connectivity index (χ0v) is 17.4. The number of ether oxygens (including phenoxy) is 3. The minimum Gasteiger partial charge on any atom is -0.496 e. The number of carbonyl (C=O) groups excluding carboxylic acids is 1. The summed E-state index contributed by atoms with van der Waals surface area (Å²) in [5.74, 6) is 3.53. The van der Waals surface area contributed by atoms with Crippen LogP contribution >= 0.6 is 23.5 Å². The van der Waals surface area contributed by atoms with E-state index in [0.717, 1.165) is 17.9 Å². The number of rotatable bonds is 7. The maximum Gasteiger partial charge on any atom is 0.233 e. The van der Waals surface area contributed by atoms with Crippen LogP contribution in [0.15, 0.2) is 12.1 Å². The van der Waals surface area contributed by atoms with Crippen molar-refractivity contribution in [3.8, 4) is 17.2 Å². The van der Waals surface area contributed by atoms with Gasteiger partial charge in [-0.25, -0.2) is 0 Å². The predicted octanol–water partition coefficient (Wildman–Crippen LogP) is 3.82. The zero-order valence-electron chi connectivity index (χ0n) is 15.8. The first-order chi connectivity index (χ1) is 11.8. The quantitative estimate of drug-likeness (QED) is 0.711. The third-order valence-corrected chi connectivity index (χ3v) is 6.33. The van der Waals surface area contributed by atoms with Crippen LogP contribution in [-0.4, -0.2) is 54.9 Å². The van der Waals surface area contributed by atoms with Gasteiger partial charge in [-0.3, -0.25) is 4.79 Å². The molecule has 0 aromatic heterocycles. The predicted molar refractivity (Wildman–Crippen MR) is 105 cm³/mol. The largest absolute Gasteiger partial charge is 0.496 e. The summed E-state index contributed by atoms with van der Waals surface area (Å²) < 4.78 is 16.5. The van der Waals surface area contributed by atoms with Gasteiger partial charge in [0.1, 0.15) is 11.1 Å². The number of hydrogen-bond acceptors (Lipinski definition) is 6. The van der Waals surface area contributed by atoms with Gasteiger partial charge in [-0.15, -0.1) is 11.8 Å². The van der Waals surface area contributed by atoms with Crippen molar-refractivity contribution < 1.29 is 19.0 Å². The lowest BCUT2D eigenvalue weighted by Gasteiger charge is -2.27. The maximum atomic E-state index is 12.4. The van der Waals surface area contributed by atoms with Gasteiger partial charge in [-0.2, -0.15) is 11.8 Å². The molecule has 0 radical (unpaired) electrons. The normalized spacial score (nSPS) is 17.8. The third kappa shape index (κ3) is 4.91. The average molecular weight is 386 g/mol. The second kappa shape index (κ2) is 8.45. The lowest BCUT2D eigenvalue weighted by molar-refractivity contribution is -0.127. The monoisotopic (exact) mass is 385 g/mol. The van der Waals surface area contributed by atoms with E-state index in [1.54, 1.807) is 33.1 Å². The molecular formula is C18H27NO4S2. The Morgan fingerprint density at radius 3 is 2.28 bits per heavy atom. The highest BCUT2D eigenvalue weighted by atomic mass is 32.2. The smallest absolute Gasteiger partial charge is 0.233 e. The van der Waals surface area contributed by atoms with E-state index in [1.807, 2.05) is 28.8 Å². The lowest BCUT2D eigenvalue weighted by atomic mass is 10.1. The number of amides is 1. The highest BCUT2D eigenvalue weighted by molar-refractivity contribution is 8.01. The zero-order chi connectivity index (χ0) is 18.6. The first-order valence-electron chi connectivity index (χ1n) is 8.15. The van der Waals surface area contributed by atoms with Gasteiger partial charge in [-0.05, 0) is 6.07 Å². The van der Waals surface area contributed by atoms with E-state index in [1.165, 1.54) is 0 Å². The van der Waals surface area contributed by atoms with E-state index in [2.05, 4.69) is 20.8 Å². The fraction of sp³-hybridized carbons (Fsp3) is 0.611. The molecule has 140 valence electrons. The molecule has 2 rings (SSSR count). The summed E-state index contributed by atoms with van der Waals surface area (Å²) in [6, 6.07) is 3.73. The molecule has 1 aromatic carbocycles. The van der Waals surface area contributed by atoms with E-state index in [4.69, 9.17) is 14.2 Å². The number of hydrogen-bond donors (Lipinski definition) is 0. The molecule has 1 atom stereocenters. The highest BCUT2D eigenvalue weighted by Crippen LogP contribution is 2.46. The minimum atomic E-state index is -0.0668. The Labute approximate surface area is 158 Å². The van der Waals surface area contributed by atoms with Crippen LogP contribution in [0, 0.1) is 0 Å². The standard InChI is InChI=1S/C18H27NO4S2/c1-18(2,3)25-8-7-19-16(20)11-24-17(19)12-9-14(22-5)15(23-6)10-13(12)21-4/h9-10,17H,7-8,11H2,1-6H3. The van der Waals surface area contributed by atoms with Crippen molar-refractivity contribution >= 4 is 29.4 Å². The Kier molecular flexibility index (Phi) is 6.79. The first kappa shape index (κ1) is 20.1. The van der Waals surface area contributed by atoms with Crippen molar-refractivity contribution in [3.63, 3.8) is 0 Å². The molecule has 1 heterocycles. The molecule has 1 amide bonds. The van der Waals surface area contributed by atoms with Gasteiger partial charge < -0.3 is 19.1 Å². The van der Waals surface area contributed by atoms with Gasteiger partial charge >= 0.3 is 0 Å². The Hall–Kier alpha value is -1.21. The Morgan fingerprint density at radius 1 is 1.12 bits per heavy atom. The van der Waals surface area contributed by atoms with Crippen LogP contribution in [0.2, 0.25) is 0 Å².